The standard InChI is InChI=1S/C6H11NO2.C6H13NO/c8-5-4-7-3-1-2-6(7)9;8-6-5-7-3-1-2-4-7/h8H,1-5H2;8H,1-6H2. The lowest BCUT2D eigenvalue weighted by Gasteiger charge is -2.11. The van der Waals surface area contributed by atoms with Gasteiger partial charge in [0.1, 0.15) is 0 Å². The van der Waals surface area contributed by atoms with Crippen LogP contribution in [0.25, 0.3) is 0 Å². The number of hydrogen-bond donors (Lipinski definition) is 2. The molecule has 2 aliphatic rings. The average Bonchev–Trinajstić information content (AvgIpc) is 2.94. The molecule has 100 valence electrons. The predicted octanol–water partition coefficient (Wildman–Crippen LogP) is -0.324. The molecule has 0 atom stereocenters. The van der Waals surface area contributed by atoms with Gasteiger partial charge < -0.3 is 20.0 Å². The number of likely N-dealkylation sites (tertiary alicyclic amines) is 2. The van der Waals surface area contributed by atoms with E-state index in [1.54, 1.807) is 4.90 Å². The van der Waals surface area contributed by atoms with Gasteiger partial charge in [-0.1, -0.05) is 0 Å². The Bertz CT molecular complexity index is 218. The van der Waals surface area contributed by atoms with Crippen molar-refractivity contribution in [2.45, 2.75) is 25.7 Å². The highest BCUT2D eigenvalue weighted by molar-refractivity contribution is 5.77. The van der Waals surface area contributed by atoms with Gasteiger partial charge in [-0.25, -0.2) is 0 Å². The van der Waals surface area contributed by atoms with Gasteiger partial charge in [0.2, 0.25) is 5.91 Å². The van der Waals surface area contributed by atoms with Crippen molar-refractivity contribution in [1.82, 2.24) is 9.80 Å². The van der Waals surface area contributed by atoms with Crippen molar-refractivity contribution in [2.75, 3.05) is 45.9 Å². The molecule has 2 heterocycles. The maximum atomic E-state index is 10.8. The fourth-order valence-electron chi connectivity index (χ4n) is 2.21. The molecule has 5 nitrogen and oxygen atoms in total. The topological polar surface area (TPSA) is 64.0 Å². The van der Waals surface area contributed by atoms with E-state index in [2.05, 4.69) is 4.90 Å². The fraction of sp³-hybridized carbons (Fsp3) is 0.917. The molecule has 2 aliphatic heterocycles. The molecule has 17 heavy (non-hydrogen) atoms. The van der Waals surface area contributed by atoms with Gasteiger partial charge in [-0.05, 0) is 32.4 Å². The zero-order chi connectivity index (χ0) is 12.5. The summed E-state index contributed by atoms with van der Waals surface area (Å²) in [6, 6.07) is 0. The summed E-state index contributed by atoms with van der Waals surface area (Å²) in [6.07, 6.45) is 4.26. The maximum absolute atomic E-state index is 10.8. The number of aliphatic hydroxyl groups excluding tert-OH is 2. The number of aliphatic hydroxyl groups is 2. The van der Waals surface area contributed by atoms with Crippen molar-refractivity contribution in [2.24, 2.45) is 0 Å². The molecular weight excluding hydrogens is 220 g/mol. The average molecular weight is 244 g/mol. The number of carbonyl (C=O) groups is 1. The van der Waals surface area contributed by atoms with Gasteiger partial charge in [0, 0.05) is 26.1 Å². The summed E-state index contributed by atoms with van der Waals surface area (Å²) in [5, 5.41) is 16.9. The molecule has 0 radical (unpaired) electrons. The normalized spacial score (nSPS) is 20.6. The third kappa shape index (κ3) is 5.48. The van der Waals surface area contributed by atoms with Gasteiger partial charge in [-0.2, -0.15) is 0 Å². The van der Waals surface area contributed by atoms with Crippen molar-refractivity contribution in [3.05, 3.63) is 0 Å². The minimum absolute atomic E-state index is 0.0890. The van der Waals surface area contributed by atoms with Crippen molar-refractivity contribution in [3.8, 4) is 0 Å². The molecule has 2 saturated heterocycles. The second kappa shape index (κ2) is 8.44. The van der Waals surface area contributed by atoms with Crippen LogP contribution in [-0.2, 0) is 4.79 Å². The van der Waals surface area contributed by atoms with Crippen LogP contribution in [0.15, 0.2) is 0 Å². The van der Waals surface area contributed by atoms with E-state index in [4.69, 9.17) is 10.2 Å². The van der Waals surface area contributed by atoms with E-state index < -0.39 is 0 Å². The van der Waals surface area contributed by atoms with Gasteiger partial charge >= 0.3 is 0 Å². The molecule has 2 N–H and O–H groups in total. The van der Waals surface area contributed by atoms with Crippen LogP contribution in [0.1, 0.15) is 25.7 Å². The van der Waals surface area contributed by atoms with Crippen LogP contribution in [-0.4, -0.2) is 71.9 Å². The molecule has 2 fully saturated rings. The second-order valence-corrected chi connectivity index (χ2v) is 4.48. The second-order valence-electron chi connectivity index (χ2n) is 4.48. The molecule has 0 aromatic carbocycles. The number of carbonyl (C=O) groups excluding carboxylic acids is 1. The number of amides is 1. The van der Waals surface area contributed by atoms with E-state index in [0.717, 1.165) is 19.5 Å². The Hall–Kier alpha value is -0.650. The van der Waals surface area contributed by atoms with Crippen molar-refractivity contribution in [3.63, 3.8) is 0 Å². The van der Waals surface area contributed by atoms with Crippen LogP contribution in [0.3, 0.4) is 0 Å². The van der Waals surface area contributed by atoms with Gasteiger partial charge in [-0.15, -0.1) is 0 Å². The van der Waals surface area contributed by atoms with E-state index in [-0.39, 0.29) is 12.5 Å². The largest absolute Gasteiger partial charge is 0.395 e. The Balaban J connectivity index is 0.000000171. The minimum atomic E-state index is 0.0890. The molecule has 2 rings (SSSR count). The van der Waals surface area contributed by atoms with Crippen molar-refractivity contribution in [1.29, 1.82) is 0 Å². The van der Waals surface area contributed by atoms with E-state index in [0.29, 0.717) is 19.6 Å². The zero-order valence-corrected chi connectivity index (χ0v) is 10.5. The Kier molecular flexibility index (Phi) is 7.16. The lowest BCUT2D eigenvalue weighted by molar-refractivity contribution is -0.128. The molecule has 5 heteroatoms. The SMILES string of the molecule is O=C1CCCN1CCO.OCCN1CCCC1. The minimum Gasteiger partial charge on any atom is -0.395 e. The monoisotopic (exact) mass is 244 g/mol. The molecule has 0 aromatic rings. The smallest absolute Gasteiger partial charge is 0.222 e. The summed E-state index contributed by atoms with van der Waals surface area (Å²) in [5.74, 6) is 0.184. The number of hydrogen-bond acceptors (Lipinski definition) is 4. The van der Waals surface area contributed by atoms with E-state index in [1.165, 1.54) is 25.9 Å². The first-order valence-corrected chi connectivity index (χ1v) is 6.49. The molecule has 1 amide bonds. The predicted molar refractivity (Wildman–Crippen MR) is 65.7 cm³/mol. The first kappa shape index (κ1) is 14.4. The third-order valence-corrected chi connectivity index (χ3v) is 3.16. The molecular formula is C12H24N2O3. The maximum Gasteiger partial charge on any atom is 0.222 e. The summed E-state index contributed by atoms with van der Waals surface area (Å²) in [7, 11) is 0. The lowest BCUT2D eigenvalue weighted by Crippen LogP contribution is -2.27. The molecule has 0 saturated carbocycles. The van der Waals surface area contributed by atoms with Crippen molar-refractivity contribution < 1.29 is 15.0 Å². The van der Waals surface area contributed by atoms with Crippen LogP contribution in [0, 0.1) is 0 Å². The Labute approximate surface area is 103 Å². The number of nitrogens with zero attached hydrogens (tertiary/aromatic N) is 2. The lowest BCUT2D eigenvalue weighted by atomic mass is 10.4. The summed E-state index contributed by atoms with van der Waals surface area (Å²) in [4.78, 5) is 14.8. The highest BCUT2D eigenvalue weighted by Gasteiger charge is 2.18. The Morgan fingerprint density at radius 3 is 2.06 bits per heavy atom. The first-order chi connectivity index (χ1) is 8.27. The van der Waals surface area contributed by atoms with Crippen LogP contribution < -0.4 is 0 Å². The third-order valence-electron chi connectivity index (χ3n) is 3.16. The van der Waals surface area contributed by atoms with Crippen LogP contribution >= 0.6 is 0 Å². The first-order valence-electron chi connectivity index (χ1n) is 6.49. The molecule has 0 aromatic heterocycles. The molecule has 0 bridgehead atoms. The fourth-order valence-corrected chi connectivity index (χ4v) is 2.21. The highest BCUT2D eigenvalue weighted by Crippen LogP contribution is 2.07. The summed E-state index contributed by atoms with van der Waals surface area (Å²) >= 11 is 0. The number of β-amino-alcohol motifs (C(OH)–C–C–N with tert-alkyl or cyclic N) is 2. The van der Waals surface area contributed by atoms with Crippen molar-refractivity contribution >= 4 is 5.91 Å². The number of rotatable bonds is 4. The van der Waals surface area contributed by atoms with Gasteiger partial charge in [0.25, 0.3) is 0 Å². The van der Waals surface area contributed by atoms with E-state index in [1.807, 2.05) is 0 Å². The molecule has 0 unspecified atom stereocenters. The van der Waals surface area contributed by atoms with E-state index in [9.17, 15) is 4.79 Å². The van der Waals surface area contributed by atoms with Crippen LogP contribution in [0.4, 0.5) is 0 Å². The summed E-state index contributed by atoms with van der Waals surface area (Å²) in [6.45, 7) is 5.02. The van der Waals surface area contributed by atoms with Gasteiger partial charge in [0.05, 0.1) is 13.2 Å². The zero-order valence-electron chi connectivity index (χ0n) is 10.5. The Morgan fingerprint density at radius 2 is 1.59 bits per heavy atom. The Morgan fingerprint density at radius 1 is 0.941 bits per heavy atom. The summed E-state index contributed by atoms with van der Waals surface area (Å²) < 4.78 is 0. The molecule has 0 aliphatic carbocycles. The van der Waals surface area contributed by atoms with Gasteiger partial charge in [0.15, 0.2) is 0 Å². The van der Waals surface area contributed by atoms with Gasteiger partial charge in [-0.3, -0.25) is 4.79 Å². The highest BCUT2D eigenvalue weighted by atomic mass is 16.3. The molecule has 0 spiro atoms. The summed E-state index contributed by atoms with van der Waals surface area (Å²) in [5.41, 5.74) is 0. The van der Waals surface area contributed by atoms with Crippen LogP contribution in [0.5, 0.6) is 0 Å². The van der Waals surface area contributed by atoms with E-state index >= 15 is 0 Å². The van der Waals surface area contributed by atoms with Crippen LogP contribution in [0.2, 0.25) is 0 Å². The quantitative estimate of drug-likeness (QED) is 0.711.